The van der Waals surface area contributed by atoms with Gasteiger partial charge in [0.2, 0.25) is 0 Å². The van der Waals surface area contributed by atoms with Crippen LogP contribution in [-0.4, -0.2) is 22.3 Å². The average Bonchev–Trinajstić information content (AvgIpc) is 2.87. The van der Waals surface area contributed by atoms with Crippen molar-refractivity contribution in [2.45, 2.75) is 0 Å². The van der Waals surface area contributed by atoms with Gasteiger partial charge in [-0.15, -0.1) is 0 Å². The molecule has 0 N–H and O–H groups in total. The molecule has 0 unspecified atom stereocenters. The van der Waals surface area contributed by atoms with Crippen molar-refractivity contribution >= 4 is 35.2 Å². The highest BCUT2D eigenvalue weighted by atomic mass is 16.6. The second kappa shape index (κ2) is 10.1. The minimum absolute atomic E-state index is 0.0459. The number of nitro groups is 2. The van der Waals surface area contributed by atoms with Gasteiger partial charge in [-0.05, 0) is 70.8 Å². The molecule has 8 heteroatoms. The zero-order valence-corrected chi connectivity index (χ0v) is 17.8. The van der Waals surface area contributed by atoms with E-state index in [1.165, 1.54) is 24.3 Å². The lowest BCUT2D eigenvalue weighted by molar-refractivity contribution is -0.385. The molecule has 0 atom stereocenters. The molecule has 0 saturated carbocycles. The summed E-state index contributed by atoms with van der Waals surface area (Å²) in [5.41, 5.74) is 5.24. The Morgan fingerprint density at radius 2 is 0.824 bits per heavy atom. The van der Waals surface area contributed by atoms with Crippen LogP contribution in [0.5, 0.6) is 0 Å². The topological polar surface area (TPSA) is 111 Å². The molecule has 4 aromatic rings. The van der Waals surface area contributed by atoms with E-state index in [1.54, 1.807) is 36.7 Å². The van der Waals surface area contributed by atoms with Gasteiger partial charge in [0, 0.05) is 36.7 Å². The predicted molar refractivity (Wildman–Crippen MR) is 133 cm³/mol. The van der Waals surface area contributed by atoms with Crippen molar-refractivity contribution in [2.24, 2.45) is 9.98 Å². The van der Waals surface area contributed by atoms with Crippen LogP contribution in [0.4, 0.5) is 22.7 Å². The molecule has 0 aromatic heterocycles. The first-order chi connectivity index (χ1) is 16.5. The van der Waals surface area contributed by atoms with Crippen LogP contribution < -0.4 is 0 Å². The van der Waals surface area contributed by atoms with Gasteiger partial charge >= 0.3 is 0 Å². The zero-order chi connectivity index (χ0) is 23.9. The molecule has 166 valence electrons. The van der Waals surface area contributed by atoms with Crippen LogP contribution in [0.1, 0.15) is 11.1 Å². The number of nitrogens with zero attached hydrogens (tertiary/aromatic N) is 4. The molecular weight excluding hydrogens is 432 g/mol. The maximum atomic E-state index is 10.7. The van der Waals surface area contributed by atoms with Crippen molar-refractivity contribution in [3.05, 3.63) is 128 Å². The van der Waals surface area contributed by atoms with Crippen LogP contribution in [0.15, 0.2) is 107 Å². The fourth-order valence-corrected chi connectivity index (χ4v) is 3.14. The van der Waals surface area contributed by atoms with Crippen LogP contribution in [0.25, 0.3) is 11.1 Å². The molecule has 0 radical (unpaired) electrons. The fourth-order valence-electron chi connectivity index (χ4n) is 3.14. The van der Waals surface area contributed by atoms with E-state index in [1.807, 2.05) is 48.5 Å². The third kappa shape index (κ3) is 5.63. The standard InChI is InChI=1S/C26H18N4O4/c31-29(32)25-13-1-19(2-14-25)17-27-23-9-5-21(6-10-23)22-7-11-24(12-8-22)28-18-20-3-15-26(16-4-20)30(33)34/h1-18H. The first-order valence-corrected chi connectivity index (χ1v) is 10.3. The summed E-state index contributed by atoms with van der Waals surface area (Å²) in [6, 6.07) is 27.9. The van der Waals surface area contributed by atoms with Gasteiger partial charge in [0.25, 0.3) is 11.4 Å². The number of nitro benzene ring substituents is 2. The highest BCUT2D eigenvalue weighted by Gasteiger charge is 2.04. The van der Waals surface area contributed by atoms with E-state index in [2.05, 4.69) is 9.98 Å². The summed E-state index contributed by atoms with van der Waals surface area (Å²) in [7, 11) is 0. The van der Waals surface area contributed by atoms with Gasteiger partial charge in [-0.25, -0.2) is 0 Å². The van der Waals surface area contributed by atoms with Gasteiger partial charge in [-0.2, -0.15) is 0 Å². The molecule has 0 saturated heterocycles. The van der Waals surface area contributed by atoms with Crippen molar-refractivity contribution in [3.8, 4) is 11.1 Å². The quantitative estimate of drug-likeness (QED) is 0.178. The molecule has 0 aliphatic carbocycles. The lowest BCUT2D eigenvalue weighted by Gasteiger charge is -2.03. The van der Waals surface area contributed by atoms with Gasteiger partial charge in [0.05, 0.1) is 21.2 Å². The number of benzene rings is 4. The maximum Gasteiger partial charge on any atom is 0.269 e. The zero-order valence-electron chi connectivity index (χ0n) is 17.8. The molecule has 0 aliphatic rings. The van der Waals surface area contributed by atoms with Crippen molar-refractivity contribution in [1.29, 1.82) is 0 Å². The third-order valence-electron chi connectivity index (χ3n) is 5.00. The third-order valence-corrected chi connectivity index (χ3v) is 5.00. The molecule has 4 aromatic carbocycles. The average molecular weight is 450 g/mol. The second-order valence-corrected chi connectivity index (χ2v) is 7.31. The van der Waals surface area contributed by atoms with Gasteiger partial charge in [0.1, 0.15) is 0 Å². The van der Waals surface area contributed by atoms with E-state index in [9.17, 15) is 20.2 Å². The summed E-state index contributed by atoms with van der Waals surface area (Å²) in [4.78, 5) is 29.4. The van der Waals surface area contributed by atoms with Crippen molar-refractivity contribution in [2.75, 3.05) is 0 Å². The molecule has 0 spiro atoms. The molecule has 8 nitrogen and oxygen atoms in total. The smallest absolute Gasteiger partial charge is 0.258 e. The van der Waals surface area contributed by atoms with Gasteiger partial charge in [-0.3, -0.25) is 30.2 Å². The van der Waals surface area contributed by atoms with Crippen LogP contribution in [0.3, 0.4) is 0 Å². The number of aliphatic imine (C=N–C) groups is 2. The molecule has 0 amide bonds. The van der Waals surface area contributed by atoms with Crippen LogP contribution in [0.2, 0.25) is 0 Å². The number of rotatable bonds is 7. The van der Waals surface area contributed by atoms with E-state index in [4.69, 9.17) is 0 Å². The van der Waals surface area contributed by atoms with Crippen molar-refractivity contribution < 1.29 is 9.85 Å². The Kier molecular flexibility index (Phi) is 6.60. The van der Waals surface area contributed by atoms with Crippen LogP contribution >= 0.6 is 0 Å². The van der Waals surface area contributed by atoms with Gasteiger partial charge < -0.3 is 0 Å². The summed E-state index contributed by atoms with van der Waals surface area (Å²) in [5.74, 6) is 0. The molecule has 0 fully saturated rings. The Labute approximate surface area is 194 Å². The lowest BCUT2D eigenvalue weighted by Crippen LogP contribution is -1.88. The second-order valence-electron chi connectivity index (χ2n) is 7.31. The highest BCUT2D eigenvalue weighted by Crippen LogP contribution is 2.25. The normalized spacial score (nSPS) is 11.2. The molecule has 0 aliphatic heterocycles. The van der Waals surface area contributed by atoms with Gasteiger partial charge in [0.15, 0.2) is 0 Å². The van der Waals surface area contributed by atoms with Crippen LogP contribution in [-0.2, 0) is 0 Å². The monoisotopic (exact) mass is 450 g/mol. The molecule has 4 rings (SSSR count). The Morgan fingerprint density at radius 3 is 1.12 bits per heavy atom. The molecular formula is C26H18N4O4. The molecule has 0 bridgehead atoms. The summed E-state index contributed by atoms with van der Waals surface area (Å²) < 4.78 is 0. The SMILES string of the molecule is O=[N+]([O-])c1ccc(C=Nc2ccc(-c3ccc(N=Cc4ccc([N+](=O)[O-])cc4)cc3)cc2)cc1. The molecule has 0 heterocycles. The van der Waals surface area contributed by atoms with Crippen LogP contribution in [0, 0.1) is 20.2 Å². The Hall–Kier alpha value is -4.98. The minimum Gasteiger partial charge on any atom is -0.258 e. The van der Waals surface area contributed by atoms with Crippen molar-refractivity contribution in [3.63, 3.8) is 0 Å². The predicted octanol–water partition coefficient (Wildman–Crippen LogP) is 6.67. The van der Waals surface area contributed by atoms with E-state index < -0.39 is 9.85 Å². The first-order valence-electron chi connectivity index (χ1n) is 10.3. The number of non-ortho nitro benzene ring substituents is 2. The fraction of sp³-hybridized carbons (Fsp3) is 0. The van der Waals surface area contributed by atoms with Gasteiger partial charge in [-0.1, -0.05) is 24.3 Å². The lowest BCUT2D eigenvalue weighted by atomic mass is 10.1. The summed E-state index contributed by atoms with van der Waals surface area (Å²) in [5, 5.41) is 21.5. The summed E-state index contributed by atoms with van der Waals surface area (Å²) >= 11 is 0. The maximum absolute atomic E-state index is 10.7. The first kappa shape index (κ1) is 22.2. The van der Waals surface area contributed by atoms with E-state index in [-0.39, 0.29) is 11.4 Å². The van der Waals surface area contributed by atoms with Crippen molar-refractivity contribution in [1.82, 2.24) is 0 Å². The van der Waals surface area contributed by atoms with E-state index in [0.29, 0.717) is 0 Å². The number of hydrogen-bond donors (Lipinski definition) is 0. The molecule has 34 heavy (non-hydrogen) atoms. The highest BCUT2D eigenvalue weighted by molar-refractivity contribution is 5.83. The number of hydrogen-bond acceptors (Lipinski definition) is 6. The summed E-state index contributed by atoms with van der Waals surface area (Å²) in [6.45, 7) is 0. The van der Waals surface area contributed by atoms with E-state index in [0.717, 1.165) is 33.6 Å². The minimum atomic E-state index is -0.433. The Morgan fingerprint density at radius 1 is 0.500 bits per heavy atom. The Balaban J connectivity index is 1.39. The largest absolute Gasteiger partial charge is 0.269 e. The summed E-state index contributed by atoms with van der Waals surface area (Å²) in [6.07, 6.45) is 3.33. The Bertz CT molecular complexity index is 1250. The van der Waals surface area contributed by atoms with E-state index >= 15 is 0 Å².